The minimum Gasteiger partial charge on any atom is -0.164 e. The Morgan fingerprint density at radius 1 is 1.62 bits per heavy atom. The maximum atomic E-state index is 3.91. The van der Waals surface area contributed by atoms with Gasteiger partial charge >= 0.3 is 0 Å². The van der Waals surface area contributed by atoms with E-state index in [0.29, 0.717) is 0 Å². The Balaban J connectivity index is 2.52. The Morgan fingerprint density at radius 2 is 2.50 bits per heavy atom. The molecule has 0 N–H and O–H groups in total. The highest BCUT2D eigenvalue weighted by Gasteiger charge is 1.92. The second-order valence-corrected chi connectivity index (χ2v) is 2.03. The molecule has 0 aromatic heterocycles. The highest BCUT2D eigenvalue weighted by atomic mass is 15.2. The third-order valence-corrected chi connectivity index (χ3v) is 1.18. The summed E-state index contributed by atoms with van der Waals surface area (Å²) in [7, 11) is 0. The molecule has 0 amide bonds. The Bertz CT molecular complexity index is 124. The van der Waals surface area contributed by atoms with E-state index in [1.165, 1.54) is 6.42 Å². The van der Waals surface area contributed by atoms with E-state index < -0.39 is 0 Å². The summed E-state index contributed by atoms with van der Waals surface area (Å²) in [6, 6.07) is 0. The van der Waals surface area contributed by atoms with Gasteiger partial charge in [-0.1, -0.05) is 0 Å². The molecule has 0 aromatic rings. The second kappa shape index (κ2) is 2.60. The molecule has 0 bridgehead atoms. The van der Waals surface area contributed by atoms with Crippen LogP contribution in [0.4, 0.5) is 0 Å². The summed E-state index contributed by atoms with van der Waals surface area (Å²) < 4.78 is 0. The van der Waals surface area contributed by atoms with Gasteiger partial charge in [0.15, 0.2) is 0 Å². The average Bonchev–Trinajstić information content (AvgIpc) is 1.94. The molecule has 0 spiro atoms. The van der Waals surface area contributed by atoms with Crippen molar-refractivity contribution in [2.24, 2.45) is 10.2 Å². The van der Waals surface area contributed by atoms with Crippen LogP contribution in [-0.2, 0) is 0 Å². The highest BCUT2D eigenvalue weighted by Crippen LogP contribution is 1.99. The van der Waals surface area contributed by atoms with Crippen LogP contribution in [0.1, 0.15) is 26.2 Å². The quantitative estimate of drug-likeness (QED) is 0.452. The van der Waals surface area contributed by atoms with Crippen molar-refractivity contribution in [2.45, 2.75) is 26.2 Å². The fourth-order valence-corrected chi connectivity index (χ4v) is 0.696. The van der Waals surface area contributed by atoms with Gasteiger partial charge in [-0.15, -0.1) is 0 Å². The van der Waals surface area contributed by atoms with E-state index in [9.17, 15) is 0 Å². The van der Waals surface area contributed by atoms with Crippen LogP contribution in [0.25, 0.3) is 0 Å². The van der Waals surface area contributed by atoms with Gasteiger partial charge in [0.05, 0.1) is 0 Å². The Kier molecular flexibility index (Phi) is 1.78. The van der Waals surface area contributed by atoms with Gasteiger partial charge in [-0.25, -0.2) is 0 Å². The largest absolute Gasteiger partial charge is 0.164 e. The average molecular weight is 110 g/mol. The monoisotopic (exact) mass is 110 g/mol. The van der Waals surface area contributed by atoms with Gasteiger partial charge in [0, 0.05) is 11.9 Å². The summed E-state index contributed by atoms with van der Waals surface area (Å²) in [6.07, 6.45) is 5.27. The maximum Gasteiger partial charge on any atom is 0.0375 e. The first-order valence-electron chi connectivity index (χ1n) is 2.94. The molecule has 0 aliphatic carbocycles. The molecule has 2 nitrogen and oxygen atoms in total. The lowest BCUT2D eigenvalue weighted by Gasteiger charge is -1.88. The van der Waals surface area contributed by atoms with E-state index in [-0.39, 0.29) is 0 Å². The summed E-state index contributed by atoms with van der Waals surface area (Å²) in [6.45, 7) is 2.02. The van der Waals surface area contributed by atoms with Crippen LogP contribution >= 0.6 is 0 Å². The lowest BCUT2D eigenvalue weighted by molar-refractivity contribution is 0.939. The van der Waals surface area contributed by atoms with Crippen LogP contribution in [0, 0.1) is 0 Å². The standard InChI is InChI=1S/C6H10N2/c1-6-4-2-3-5-7-8-6/h5H,2-4H2,1H3. The van der Waals surface area contributed by atoms with Crippen molar-refractivity contribution in [3.8, 4) is 0 Å². The molecule has 0 atom stereocenters. The topological polar surface area (TPSA) is 24.7 Å². The van der Waals surface area contributed by atoms with E-state index in [4.69, 9.17) is 0 Å². The summed E-state index contributed by atoms with van der Waals surface area (Å²) in [5.74, 6) is 0. The number of hydrogen-bond donors (Lipinski definition) is 0. The van der Waals surface area contributed by atoms with Gasteiger partial charge in [0.25, 0.3) is 0 Å². The zero-order chi connectivity index (χ0) is 5.82. The van der Waals surface area contributed by atoms with Gasteiger partial charge < -0.3 is 0 Å². The lowest BCUT2D eigenvalue weighted by atomic mass is 10.2. The first-order valence-corrected chi connectivity index (χ1v) is 2.94. The van der Waals surface area contributed by atoms with Crippen LogP contribution in [-0.4, -0.2) is 11.9 Å². The Hall–Kier alpha value is -0.660. The first kappa shape index (κ1) is 5.48. The number of hydrogen-bond acceptors (Lipinski definition) is 2. The van der Waals surface area contributed by atoms with E-state index >= 15 is 0 Å². The zero-order valence-corrected chi connectivity index (χ0v) is 5.09. The molecular weight excluding hydrogens is 100 g/mol. The van der Waals surface area contributed by atoms with E-state index in [1.807, 2.05) is 13.1 Å². The van der Waals surface area contributed by atoms with Gasteiger partial charge in [-0.2, -0.15) is 10.2 Å². The van der Waals surface area contributed by atoms with Crippen LogP contribution < -0.4 is 0 Å². The summed E-state index contributed by atoms with van der Waals surface area (Å²) >= 11 is 0. The van der Waals surface area contributed by atoms with E-state index in [1.54, 1.807) is 0 Å². The van der Waals surface area contributed by atoms with Crippen LogP contribution in [0.3, 0.4) is 0 Å². The summed E-state index contributed by atoms with van der Waals surface area (Å²) in [5, 5.41) is 7.72. The smallest absolute Gasteiger partial charge is 0.0375 e. The Labute approximate surface area is 49.3 Å². The van der Waals surface area contributed by atoms with Crippen molar-refractivity contribution >= 4 is 11.9 Å². The first-order chi connectivity index (χ1) is 3.89. The molecule has 0 unspecified atom stereocenters. The van der Waals surface area contributed by atoms with Crippen molar-refractivity contribution in [2.75, 3.05) is 0 Å². The molecule has 0 saturated heterocycles. The van der Waals surface area contributed by atoms with Crippen molar-refractivity contribution < 1.29 is 0 Å². The molecule has 0 radical (unpaired) electrons. The van der Waals surface area contributed by atoms with Crippen LogP contribution in [0.5, 0.6) is 0 Å². The summed E-state index contributed by atoms with van der Waals surface area (Å²) in [5.41, 5.74) is 1.15. The fraction of sp³-hybridized carbons (Fsp3) is 0.667. The maximum absolute atomic E-state index is 3.91. The second-order valence-electron chi connectivity index (χ2n) is 2.03. The molecule has 8 heavy (non-hydrogen) atoms. The zero-order valence-electron chi connectivity index (χ0n) is 5.09. The SMILES string of the molecule is CC1=NN=CCCC1. The molecule has 1 aliphatic rings. The molecule has 0 fully saturated rings. The van der Waals surface area contributed by atoms with Gasteiger partial charge in [0.2, 0.25) is 0 Å². The third kappa shape index (κ3) is 1.45. The minimum absolute atomic E-state index is 1.08. The van der Waals surface area contributed by atoms with Gasteiger partial charge in [-0.3, -0.25) is 0 Å². The van der Waals surface area contributed by atoms with Crippen molar-refractivity contribution in [3.63, 3.8) is 0 Å². The van der Waals surface area contributed by atoms with Crippen molar-refractivity contribution in [1.29, 1.82) is 0 Å². The van der Waals surface area contributed by atoms with Crippen LogP contribution in [0.2, 0.25) is 0 Å². The highest BCUT2D eigenvalue weighted by molar-refractivity contribution is 5.83. The lowest BCUT2D eigenvalue weighted by Crippen LogP contribution is -1.86. The van der Waals surface area contributed by atoms with Crippen molar-refractivity contribution in [3.05, 3.63) is 0 Å². The molecule has 44 valence electrons. The molecule has 0 saturated carbocycles. The molecule has 2 heteroatoms. The normalized spacial score (nSPS) is 19.9. The predicted molar refractivity (Wildman–Crippen MR) is 35.5 cm³/mol. The molecule has 0 aromatic carbocycles. The summed E-state index contributed by atoms with van der Waals surface area (Å²) in [4.78, 5) is 0. The van der Waals surface area contributed by atoms with E-state index in [2.05, 4.69) is 10.2 Å². The third-order valence-electron chi connectivity index (χ3n) is 1.18. The van der Waals surface area contributed by atoms with Crippen molar-refractivity contribution in [1.82, 2.24) is 0 Å². The van der Waals surface area contributed by atoms with E-state index in [0.717, 1.165) is 18.6 Å². The molecular formula is C6H10N2. The Morgan fingerprint density at radius 3 is 3.38 bits per heavy atom. The predicted octanol–water partition coefficient (Wildman–Crippen LogP) is 1.62. The van der Waals surface area contributed by atoms with Gasteiger partial charge in [0.1, 0.15) is 0 Å². The number of nitrogens with zero attached hydrogens (tertiary/aromatic N) is 2. The number of rotatable bonds is 0. The fourth-order valence-electron chi connectivity index (χ4n) is 0.696. The molecule has 1 aliphatic heterocycles. The minimum atomic E-state index is 1.08. The molecule has 1 heterocycles. The van der Waals surface area contributed by atoms with Gasteiger partial charge in [-0.05, 0) is 26.2 Å². The van der Waals surface area contributed by atoms with Crippen LogP contribution in [0.15, 0.2) is 10.2 Å². The molecule has 1 rings (SSSR count).